The Balaban J connectivity index is 1.92. The minimum Gasteiger partial charge on any atom is -0.326 e. The number of nitrogens with one attached hydrogen (secondary N) is 1. The Labute approximate surface area is 154 Å². The third-order valence-corrected chi connectivity index (χ3v) is 5.80. The van der Waals surface area contributed by atoms with Gasteiger partial charge in [0.15, 0.2) is 0 Å². The van der Waals surface area contributed by atoms with E-state index in [1.165, 1.54) is 31.9 Å². The number of carbonyl (C=O) groups is 1. The van der Waals surface area contributed by atoms with Crippen LogP contribution in [0.1, 0.15) is 24.5 Å². The fraction of sp³-hybridized carbons (Fsp3) is 0.316. The van der Waals surface area contributed by atoms with Crippen molar-refractivity contribution in [2.24, 2.45) is 0 Å². The van der Waals surface area contributed by atoms with Crippen molar-refractivity contribution >= 4 is 21.6 Å². The Morgan fingerprint density at radius 3 is 2.15 bits per heavy atom. The quantitative estimate of drug-likeness (QED) is 0.719. The average Bonchev–Trinajstić information content (AvgIpc) is 2.66. The molecule has 1 amide bonds. The van der Waals surface area contributed by atoms with Gasteiger partial charge in [0.25, 0.3) is 10.0 Å². The van der Waals surface area contributed by atoms with Crippen LogP contribution in [0.25, 0.3) is 0 Å². The van der Waals surface area contributed by atoms with Gasteiger partial charge in [0, 0.05) is 19.2 Å². The highest BCUT2D eigenvalue weighted by Gasteiger charge is 2.20. The van der Waals surface area contributed by atoms with Gasteiger partial charge in [-0.3, -0.25) is 9.63 Å². The highest BCUT2D eigenvalue weighted by atomic mass is 32.2. The van der Waals surface area contributed by atoms with E-state index in [9.17, 15) is 13.2 Å². The normalized spacial score (nSPS) is 11.5. The minimum absolute atomic E-state index is 0.0934. The SMILES string of the molecule is CCc1ccc(CCC(=O)Nc2ccc(S(=O)(=O)N(C)OC)cc2)cc1. The van der Waals surface area contributed by atoms with Crippen molar-refractivity contribution in [2.45, 2.75) is 31.1 Å². The number of amides is 1. The number of carbonyl (C=O) groups excluding carboxylic acids is 1. The van der Waals surface area contributed by atoms with Gasteiger partial charge in [0.1, 0.15) is 0 Å². The van der Waals surface area contributed by atoms with E-state index in [-0.39, 0.29) is 10.8 Å². The predicted molar refractivity (Wildman–Crippen MR) is 101 cm³/mol. The number of anilines is 1. The van der Waals surface area contributed by atoms with Gasteiger partial charge in [-0.2, -0.15) is 0 Å². The summed E-state index contributed by atoms with van der Waals surface area (Å²) in [6, 6.07) is 14.2. The van der Waals surface area contributed by atoms with Crippen LogP contribution in [0.2, 0.25) is 0 Å². The fourth-order valence-electron chi connectivity index (χ4n) is 2.38. The van der Waals surface area contributed by atoms with Gasteiger partial charge in [-0.05, 0) is 48.2 Å². The van der Waals surface area contributed by atoms with Crippen LogP contribution in [0, 0.1) is 0 Å². The summed E-state index contributed by atoms with van der Waals surface area (Å²) in [5.41, 5.74) is 2.93. The molecule has 0 spiro atoms. The van der Waals surface area contributed by atoms with E-state index in [0.717, 1.165) is 16.5 Å². The van der Waals surface area contributed by atoms with Crippen molar-refractivity contribution in [1.82, 2.24) is 4.47 Å². The summed E-state index contributed by atoms with van der Waals surface area (Å²) in [7, 11) is -1.09. The maximum atomic E-state index is 12.1. The summed E-state index contributed by atoms with van der Waals surface area (Å²) in [5.74, 6) is -0.116. The van der Waals surface area contributed by atoms with Gasteiger partial charge in [-0.15, -0.1) is 0 Å². The zero-order chi connectivity index (χ0) is 19.2. The molecule has 0 saturated heterocycles. The maximum Gasteiger partial charge on any atom is 0.264 e. The summed E-state index contributed by atoms with van der Waals surface area (Å²) in [6.07, 6.45) is 2.01. The number of hydrogen-bond acceptors (Lipinski definition) is 4. The van der Waals surface area contributed by atoms with Crippen LogP contribution in [0.3, 0.4) is 0 Å². The van der Waals surface area contributed by atoms with Gasteiger partial charge in [0.05, 0.1) is 12.0 Å². The van der Waals surface area contributed by atoms with E-state index >= 15 is 0 Å². The van der Waals surface area contributed by atoms with Gasteiger partial charge in [0.2, 0.25) is 5.91 Å². The summed E-state index contributed by atoms with van der Waals surface area (Å²) < 4.78 is 25.0. The van der Waals surface area contributed by atoms with E-state index in [1.54, 1.807) is 12.1 Å². The van der Waals surface area contributed by atoms with Crippen LogP contribution >= 0.6 is 0 Å². The Kier molecular flexibility index (Phi) is 6.90. The van der Waals surface area contributed by atoms with E-state index in [4.69, 9.17) is 4.84 Å². The van der Waals surface area contributed by atoms with Crippen LogP contribution in [0.15, 0.2) is 53.4 Å². The van der Waals surface area contributed by atoms with Gasteiger partial charge < -0.3 is 5.32 Å². The van der Waals surface area contributed by atoms with E-state index < -0.39 is 10.0 Å². The Bertz CT molecular complexity index is 831. The first-order chi connectivity index (χ1) is 12.4. The van der Waals surface area contributed by atoms with Crippen LogP contribution in [0.5, 0.6) is 0 Å². The molecule has 2 rings (SSSR count). The predicted octanol–water partition coefficient (Wildman–Crippen LogP) is 3.00. The van der Waals surface area contributed by atoms with Crippen molar-refractivity contribution in [2.75, 3.05) is 19.5 Å². The molecule has 0 atom stereocenters. The zero-order valence-electron chi connectivity index (χ0n) is 15.2. The van der Waals surface area contributed by atoms with Crippen LogP contribution in [-0.4, -0.2) is 33.0 Å². The Hall–Kier alpha value is -2.22. The molecule has 0 aromatic heterocycles. The first-order valence-corrected chi connectivity index (χ1v) is 9.81. The molecule has 1 N–H and O–H groups in total. The molecule has 7 heteroatoms. The number of aryl methyl sites for hydroxylation is 2. The average molecular weight is 376 g/mol. The molecule has 6 nitrogen and oxygen atoms in total. The molecule has 0 bridgehead atoms. The molecular weight excluding hydrogens is 352 g/mol. The second kappa shape index (κ2) is 8.93. The lowest BCUT2D eigenvalue weighted by molar-refractivity contribution is -0.116. The van der Waals surface area contributed by atoms with Crippen LogP contribution in [0.4, 0.5) is 5.69 Å². The number of rotatable bonds is 8. The third-order valence-electron chi connectivity index (χ3n) is 4.10. The number of hydrogen-bond donors (Lipinski definition) is 1. The molecule has 2 aromatic carbocycles. The standard InChI is InChI=1S/C19H24N2O4S/c1-4-15-5-7-16(8-6-15)9-14-19(22)20-17-10-12-18(13-11-17)26(23,24)21(2)25-3/h5-8,10-13H,4,9,14H2,1-3H3,(H,20,22). The van der Waals surface area contributed by atoms with Crippen molar-refractivity contribution in [3.8, 4) is 0 Å². The van der Waals surface area contributed by atoms with Crippen LogP contribution < -0.4 is 5.32 Å². The lowest BCUT2D eigenvalue weighted by Crippen LogP contribution is -2.25. The smallest absolute Gasteiger partial charge is 0.264 e. The molecule has 0 radical (unpaired) electrons. The fourth-order valence-corrected chi connectivity index (χ4v) is 3.35. The molecule has 0 aliphatic rings. The molecule has 0 aliphatic heterocycles. The summed E-state index contributed by atoms with van der Waals surface area (Å²) in [5, 5.41) is 2.78. The lowest BCUT2D eigenvalue weighted by atomic mass is 10.1. The highest BCUT2D eigenvalue weighted by Crippen LogP contribution is 2.18. The molecule has 26 heavy (non-hydrogen) atoms. The second-order valence-corrected chi connectivity index (χ2v) is 7.78. The van der Waals surface area contributed by atoms with E-state index in [0.29, 0.717) is 18.5 Å². The Morgan fingerprint density at radius 2 is 1.62 bits per heavy atom. The molecule has 0 aliphatic carbocycles. The van der Waals surface area contributed by atoms with Gasteiger partial charge in [-0.25, -0.2) is 8.42 Å². The topological polar surface area (TPSA) is 75.7 Å². The van der Waals surface area contributed by atoms with Crippen molar-refractivity contribution < 1.29 is 18.0 Å². The van der Waals surface area contributed by atoms with Crippen molar-refractivity contribution in [3.05, 3.63) is 59.7 Å². The third kappa shape index (κ3) is 5.14. The van der Waals surface area contributed by atoms with Crippen LogP contribution in [-0.2, 0) is 32.5 Å². The first kappa shape index (κ1) is 20.1. The van der Waals surface area contributed by atoms with Gasteiger partial charge in [-0.1, -0.05) is 35.7 Å². The first-order valence-electron chi connectivity index (χ1n) is 8.37. The van der Waals surface area contributed by atoms with Crippen molar-refractivity contribution in [1.29, 1.82) is 0 Å². The number of hydroxylamine groups is 1. The zero-order valence-corrected chi connectivity index (χ0v) is 16.0. The molecule has 0 saturated carbocycles. The largest absolute Gasteiger partial charge is 0.326 e. The van der Waals surface area contributed by atoms with Crippen molar-refractivity contribution in [3.63, 3.8) is 0 Å². The summed E-state index contributed by atoms with van der Waals surface area (Å²) in [6.45, 7) is 2.10. The minimum atomic E-state index is -3.69. The number of nitrogens with zero attached hydrogens (tertiary/aromatic N) is 1. The number of sulfonamides is 1. The molecule has 2 aromatic rings. The van der Waals surface area contributed by atoms with E-state index in [1.807, 2.05) is 12.1 Å². The molecule has 0 heterocycles. The van der Waals surface area contributed by atoms with Gasteiger partial charge >= 0.3 is 0 Å². The lowest BCUT2D eigenvalue weighted by Gasteiger charge is -2.14. The second-order valence-electron chi connectivity index (χ2n) is 5.84. The molecule has 0 fully saturated rings. The Morgan fingerprint density at radius 1 is 1.04 bits per heavy atom. The summed E-state index contributed by atoms with van der Waals surface area (Å²) in [4.78, 5) is 16.9. The monoisotopic (exact) mass is 376 g/mol. The number of benzene rings is 2. The maximum absolute atomic E-state index is 12.1. The highest BCUT2D eigenvalue weighted by molar-refractivity contribution is 7.89. The molecular formula is C19H24N2O4S. The van der Waals surface area contributed by atoms with E-state index in [2.05, 4.69) is 24.4 Å². The molecule has 0 unspecified atom stereocenters. The summed E-state index contributed by atoms with van der Waals surface area (Å²) >= 11 is 0. The molecule has 140 valence electrons.